The molecule has 2 nitrogen and oxygen atoms in total. The Kier molecular flexibility index (Phi) is 4.70. The zero-order valence-corrected chi connectivity index (χ0v) is 15.2. The van der Waals surface area contributed by atoms with E-state index < -0.39 is 20.1 Å². The highest BCUT2D eigenvalue weighted by Crippen LogP contribution is 2.40. The summed E-state index contributed by atoms with van der Waals surface area (Å²) >= 11 is 0. The second kappa shape index (κ2) is 5.98. The summed E-state index contributed by atoms with van der Waals surface area (Å²) in [5.74, 6) is 0.481. The number of benzene rings is 1. The molecule has 0 spiro atoms. The van der Waals surface area contributed by atoms with Crippen molar-refractivity contribution in [2.45, 2.75) is 45.1 Å². The predicted molar refractivity (Wildman–Crippen MR) is 88.1 cm³/mol. The van der Waals surface area contributed by atoms with Crippen molar-refractivity contribution >= 4 is 13.9 Å². The first-order valence-corrected chi connectivity index (χ1v) is 10.5. The van der Waals surface area contributed by atoms with Crippen LogP contribution in [0, 0.1) is 0 Å². The maximum atomic E-state index is 12.9. The van der Waals surface area contributed by atoms with Crippen molar-refractivity contribution in [3.8, 4) is 5.75 Å². The topological polar surface area (TPSA) is 18.5 Å². The SMILES string of the molecule is CC(C)(C)[Si](C)(C)OCC1=CCOc2ccc(C(F)(F)F)cc21. The molecule has 1 aromatic carbocycles. The number of hydrogen-bond acceptors (Lipinski definition) is 2. The molecule has 0 unspecified atom stereocenters. The molecule has 0 N–H and O–H groups in total. The molecule has 0 saturated carbocycles. The summed E-state index contributed by atoms with van der Waals surface area (Å²) in [6.07, 6.45) is -2.56. The standard InChI is InChI=1S/C17H23F3O2Si/c1-16(2,3)23(4,5)22-11-12-8-9-21-15-7-6-13(10-14(12)15)17(18,19)20/h6-8,10H,9,11H2,1-5H3. The average molecular weight is 344 g/mol. The molecular weight excluding hydrogens is 321 g/mol. The lowest BCUT2D eigenvalue weighted by atomic mass is 10.0. The first-order valence-electron chi connectivity index (χ1n) is 7.59. The van der Waals surface area contributed by atoms with Crippen molar-refractivity contribution in [1.29, 1.82) is 0 Å². The van der Waals surface area contributed by atoms with Crippen LogP contribution in [-0.2, 0) is 10.6 Å². The van der Waals surface area contributed by atoms with E-state index in [-0.39, 0.29) is 5.04 Å². The maximum Gasteiger partial charge on any atom is 0.416 e. The normalized spacial score (nSPS) is 15.7. The summed E-state index contributed by atoms with van der Waals surface area (Å²) < 4.78 is 50.4. The molecule has 2 rings (SSSR count). The lowest BCUT2D eigenvalue weighted by molar-refractivity contribution is -0.137. The van der Waals surface area contributed by atoms with Crippen LogP contribution in [0.4, 0.5) is 13.2 Å². The molecule has 128 valence electrons. The molecule has 0 radical (unpaired) electrons. The first kappa shape index (κ1) is 18.1. The highest BCUT2D eigenvalue weighted by Gasteiger charge is 2.38. The van der Waals surface area contributed by atoms with Crippen molar-refractivity contribution in [2.75, 3.05) is 13.2 Å². The second-order valence-corrected chi connectivity index (χ2v) is 12.1. The van der Waals surface area contributed by atoms with Gasteiger partial charge in [0.2, 0.25) is 0 Å². The lowest BCUT2D eigenvalue weighted by Crippen LogP contribution is -2.41. The Morgan fingerprint density at radius 1 is 1.17 bits per heavy atom. The Balaban J connectivity index is 2.25. The fraction of sp³-hybridized carbons (Fsp3) is 0.529. The fourth-order valence-corrected chi connectivity index (χ4v) is 2.99. The summed E-state index contributed by atoms with van der Waals surface area (Å²) in [5.41, 5.74) is 0.576. The van der Waals surface area contributed by atoms with Crippen molar-refractivity contribution in [1.82, 2.24) is 0 Å². The van der Waals surface area contributed by atoms with Gasteiger partial charge in [0.15, 0.2) is 8.32 Å². The number of fused-ring (bicyclic) bond motifs is 1. The second-order valence-electron chi connectivity index (χ2n) is 7.30. The van der Waals surface area contributed by atoms with Crippen LogP contribution >= 0.6 is 0 Å². The Morgan fingerprint density at radius 2 is 1.83 bits per heavy atom. The summed E-state index contributed by atoms with van der Waals surface area (Å²) in [7, 11) is -1.96. The van der Waals surface area contributed by atoms with E-state index in [1.807, 2.05) is 0 Å². The molecule has 0 bridgehead atoms. The molecule has 1 aliphatic rings. The van der Waals surface area contributed by atoms with Gasteiger partial charge in [0.05, 0.1) is 12.2 Å². The Morgan fingerprint density at radius 3 is 2.39 bits per heavy atom. The monoisotopic (exact) mass is 344 g/mol. The van der Waals surface area contributed by atoms with Crippen LogP contribution in [0.5, 0.6) is 5.75 Å². The molecule has 1 aliphatic heterocycles. The minimum atomic E-state index is -4.36. The van der Waals surface area contributed by atoms with Gasteiger partial charge in [0.25, 0.3) is 0 Å². The Labute approximate surface area is 136 Å². The van der Waals surface area contributed by atoms with Gasteiger partial charge in [-0.15, -0.1) is 0 Å². The van der Waals surface area contributed by atoms with Crippen LogP contribution in [0.1, 0.15) is 31.9 Å². The van der Waals surface area contributed by atoms with E-state index in [2.05, 4.69) is 33.9 Å². The third kappa shape index (κ3) is 3.98. The molecule has 0 aromatic heterocycles. The summed E-state index contributed by atoms with van der Waals surface area (Å²) in [4.78, 5) is 0. The van der Waals surface area contributed by atoms with Crippen molar-refractivity contribution < 1.29 is 22.3 Å². The van der Waals surface area contributed by atoms with Crippen LogP contribution in [-0.4, -0.2) is 21.5 Å². The van der Waals surface area contributed by atoms with E-state index in [4.69, 9.17) is 9.16 Å². The van der Waals surface area contributed by atoms with Crippen LogP contribution < -0.4 is 4.74 Å². The average Bonchev–Trinajstić information content (AvgIpc) is 2.42. The molecular formula is C17H23F3O2Si. The van der Waals surface area contributed by atoms with Crippen LogP contribution in [0.3, 0.4) is 0 Å². The van der Waals surface area contributed by atoms with Gasteiger partial charge in [0, 0.05) is 5.56 Å². The first-order chi connectivity index (χ1) is 10.4. The molecule has 0 atom stereocenters. The number of halogens is 3. The minimum absolute atomic E-state index is 0.0510. The third-order valence-electron chi connectivity index (χ3n) is 4.62. The minimum Gasteiger partial charge on any atom is -0.489 e. The largest absolute Gasteiger partial charge is 0.489 e. The van der Waals surface area contributed by atoms with Crippen molar-refractivity contribution in [3.63, 3.8) is 0 Å². The summed E-state index contributed by atoms with van der Waals surface area (Å²) in [6.45, 7) is 11.3. The van der Waals surface area contributed by atoms with Crippen LogP contribution in [0.15, 0.2) is 24.3 Å². The van der Waals surface area contributed by atoms with Gasteiger partial charge in [-0.05, 0) is 48.0 Å². The van der Waals surface area contributed by atoms with Gasteiger partial charge in [-0.2, -0.15) is 13.2 Å². The van der Waals surface area contributed by atoms with Crippen LogP contribution in [0.2, 0.25) is 18.1 Å². The summed E-state index contributed by atoms with van der Waals surface area (Å²) in [6, 6.07) is 3.59. The number of alkyl halides is 3. The van der Waals surface area contributed by atoms with Crippen molar-refractivity contribution in [2.24, 2.45) is 0 Å². The zero-order valence-electron chi connectivity index (χ0n) is 14.2. The zero-order chi connectivity index (χ0) is 17.5. The van der Waals surface area contributed by atoms with Gasteiger partial charge < -0.3 is 9.16 Å². The third-order valence-corrected chi connectivity index (χ3v) is 9.09. The van der Waals surface area contributed by atoms with Gasteiger partial charge in [0.1, 0.15) is 12.4 Å². The Hall–Kier alpha value is -1.27. The van der Waals surface area contributed by atoms with Crippen molar-refractivity contribution in [3.05, 3.63) is 35.4 Å². The highest BCUT2D eigenvalue weighted by atomic mass is 28.4. The van der Waals surface area contributed by atoms with Crippen LogP contribution in [0.25, 0.3) is 5.57 Å². The van der Waals surface area contributed by atoms with Gasteiger partial charge in [-0.3, -0.25) is 0 Å². The number of ether oxygens (including phenoxy) is 1. The van der Waals surface area contributed by atoms with E-state index >= 15 is 0 Å². The molecule has 0 saturated heterocycles. The van der Waals surface area contributed by atoms with E-state index in [1.165, 1.54) is 6.07 Å². The summed E-state index contributed by atoms with van der Waals surface area (Å²) in [5, 5.41) is 0.0510. The highest BCUT2D eigenvalue weighted by molar-refractivity contribution is 6.74. The van der Waals surface area contributed by atoms with E-state index in [0.717, 1.165) is 17.7 Å². The van der Waals surface area contributed by atoms with E-state index in [1.54, 1.807) is 6.08 Å². The maximum absolute atomic E-state index is 12.9. The predicted octanol–water partition coefficient (Wildman–Crippen LogP) is 5.50. The molecule has 0 aliphatic carbocycles. The number of hydrogen-bond donors (Lipinski definition) is 0. The molecule has 1 heterocycles. The lowest BCUT2D eigenvalue weighted by Gasteiger charge is -2.36. The Bertz CT molecular complexity index is 613. The molecule has 6 heteroatoms. The van der Waals surface area contributed by atoms with E-state index in [0.29, 0.717) is 24.5 Å². The van der Waals surface area contributed by atoms with Gasteiger partial charge >= 0.3 is 6.18 Å². The smallest absolute Gasteiger partial charge is 0.416 e. The molecule has 23 heavy (non-hydrogen) atoms. The fourth-order valence-electron chi connectivity index (χ4n) is 2.04. The molecule has 0 fully saturated rings. The van der Waals surface area contributed by atoms with Gasteiger partial charge in [-0.25, -0.2) is 0 Å². The quantitative estimate of drug-likeness (QED) is 0.674. The molecule has 1 aromatic rings. The molecule has 0 amide bonds. The van der Waals surface area contributed by atoms with E-state index in [9.17, 15) is 13.2 Å². The number of rotatable bonds is 3. The van der Waals surface area contributed by atoms with Gasteiger partial charge in [-0.1, -0.05) is 20.8 Å².